The van der Waals surface area contributed by atoms with E-state index in [0.29, 0.717) is 16.3 Å². The zero-order chi connectivity index (χ0) is 11.8. The van der Waals surface area contributed by atoms with E-state index in [4.69, 9.17) is 0 Å². The van der Waals surface area contributed by atoms with E-state index < -0.39 is 17.3 Å². The molecular weight excluding hydrogens is 261 g/mol. The molecule has 0 aliphatic carbocycles. The van der Waals surface area contributed by atoms with Gasteiger partial charge in [0.1, 0.15) is 11.1 Å². The van der Waals surface area contributed by atoms with Gasteiger partial charge in [0.2, 0.25) is 0 Å². The van der Waals surface area contributed by atoms with E-state index >= 15 is 0 Å². The summed E-state index contributed by atoms with van der Waals surface area (Å²) in [7, 11) is 0. The highest BCUT2D eigenvalue weighted by Gasteiger charge is 2.35. The Balaban J connectivity index is 2.26. The van der Waals surface area contributed by atoms with Crippen LogP contribution in [0.3, 0.4) is 0 Å². The van der Waals surface area contributed by atoms with Gasteiger partial charge in [0, 0.05) is 17.8 Å². The van der Waals surface area contributed by atoms with Crippen molar-refractivity contribution in [1.29, 1.82) is 0 Å². The van der Waals surface area contributed by atoms with Crippen LogP contribution in [0.25, 0.3) is 0 Å². The molecule has 2 heterocycles. The molecular formula is C8H5F3N2OS2. The van der Waals surface area contributed by atoms with Crippen LogP contribution in [0.4, 0.5) is 13.2 Å². The lowest BCUT2D eigenvalue weighted by atomic mass is 10.3. The van der Waals surface area contributed by atoms with Gasteiger partial charge in [0.25, 0.3) is 0 Å². The van der Waals surface area contributed by atoms with Crippen molar-refractivity contribution in [2.24, 2.45) is 0 Å². The fourth-order valence-corrected chi connectivity index (χ4v) is 2.52. The first-order chi connectivity index (χ1) is 7.48. The van der Waals surface area contributed by atoms with Gasteiger partial charge in [-0.3, -0.25) is 0 Å². The fourth-order valence-electron chi connectivity index (χ4n) is 1.04. The summed E-state index contributed by atoms with van der Waals surface area (Å²) < 4.78 is 36.8. The van der Waals surface area contributed by atoms with Crippen LogP contribution >= 0.6 is 22.7 Å². The first-order valence-corrected chi connectivity index (χ1v) is 5.78. The number of aliphatic hydroxyl groups is 1. The van der Waals surface area contributed by atoms with Crippen molar-refractivity contribution in [2.75, 3.05) is 0 Å². The van der Waals surface area contributed by atoms with Crippen LogP contribution in [0.1, 0.15) is 21.0 Å². The molecule has 2 aromatic rings. The molecule has 0 aliphatic heterocycles. The lowest BCUT2D eigenvalue weighted by Gasteiger charge is -2.03. The van der Waals surface area contributed by atoms with E-state index in [1.165, 1.54) is 17.5 Å². The van der Waals surface area contributed by atoms with Gasteiger partial charge in [-0.2, -0.15) is 13.2 Å². The minimum absolute atomic E-state index is 0.141. The van der Waals surface area contributed by atoms with E-state index in [1.54, 1.807) is 5.38 Å². The molecule has 2 rings (SSSR count). The molecule has 0 aromatic carbocycles. The van der Waals surface area contributed by atoms with E-state index in [9.17, 15) is 18.3 Å². The molecule has 0 spiro atoms. The second kappa shape index (κ2) is 4.11. The van der Waals surface area contributed by atoms with Gasteiger partial charge >= 0.3 is 6.18 Å². The van der Waals surface area contributed by atoms with Crippen LogP contribution in [0.15, 0.2) is 17.8 Å². The maximum atomic E-state index is 12.3. The molecule has 1 atom stereocenters. The number of rotatable bonds is 2. The lowest BCUT2D eigenvalue weighted by molar-refractivity contribution is -0.137. The minimum atomic E-state index is -4.47. The van der Waals surface area contributed by atoms with Crippen molar-refractivity contribution in [3.63, 3.8) is 0 Å². The second-order valence-electron chi connectivity index (χ2n) is 2.84. The molecule has 3 nitrogen and oxygen atoms in total. The SMILES string of the molecule is OC(c1cnc(C(F)(F)F)s1)c1nccs1. The Morgan fingerprint density at radius 3 is 2.56 bits per heavy atom. The normalized spacial score (nSPS) is 14.0. The van der Waals surface area contributed by atoms with Gasteiger partial charge in [0.15, 0.2) is 5.01 Å². The van der Waals surface area contributed by atoms with E-state index in [1.807, 2.05) is 0 Å². The third-order valence-electron chi connectivity index (χ3n) is 1.72. The first-order valence-electron chi connectivity index (χ1n) is 4.09. The highest BCUT2D eigenvalue weighted by molar-refractivity contribution is 7.12. The summed E-state index contributed by atoms with van der Waals surface area (Å²) in [5.41, 5.74) is 0. The Kier molecular flexibility index (Phi) is 2.96. The van der Waals surface area contributed by atoms with Crippen molar-refractivity contribution >= 4 is 22.7 Å². The molecule has 0 amide bonds. The highest BCUT2D eigenvalue weighted by atomic mass is 32.1. The topological polar surface area (TPSA) is 46.0 Å². The molecule has 0 radical (unpaired) electrons. The van der Waals surface area contributed by atoms with Crippen molar-refractivity contribution in [3.8, 4) is 0 Å². The molecule has 16 heavy (non-hydrogen) atoms. The van der Waals surface area contributed by atoms with Crippen LogP contribution in [0, 0.1) is 0 Å². The van der Waals surface area contributed by atoms with Crippen LogP contribution in [0.5, 0.6) is 0 Å². The van der Waals surface area contributed by atoms with Crippen LogP contribution < -0.4 is 0 Å². The van der Waals surface area contributed by atoms with Gasteiger partial charge in [0.05, 0.1) is 4.88 Å². The Morgan fingerprint density at radius 1 is 1.31 bits per heavy atom. The molecule has 0 saturated carbocycles. The van der Waals surface area contributed by atoms with Crippen LogP contribution in [-0.4, -0.2) is 15.1 Å². The monoisotopic (exact) mass is 266 g/mol. The Hall–Kier alpha value is -0.990. The minimum Gasteiger partial charge on any atom is -0.380 e. The fraction of sp³-hybridized carbons (Fsp3) is 0.250. The molecule has 0 saturated heterocycles. The number of aromatic nitrogens is 2. The number of thiazole rings is 2. The zero-order valence-electron chi connectivity index (χ0n) is 7.60. The Morgan fingerprint density at radius 2 is 2.06 bits per heavy atom. The Labute approximate surface area is 96.2 Å². The van der Waals surface area contributed by atoms with Gasteiger partial charge < -0.3 is 5.11 Å². The second-order valence-corrected chi connectivity index (χ2v) is 4.83. The van der Waals surface area contributed by atoms with Crippen LogP contribution in [-0.2, 0) is 6.18 Å². The van der Waals surface area contributed by atoms with E-state index in [-0.39, 0.29) is 4.88 Å². The number of alkyl halides is 3. The largest absolute Gasteiger partial charge is 0.443 e. The number of aliphatic hydroxyl groups excluding tert-OH is 1. The predicted octanol–water partition coefficient (Wildman–Crippen LogP) is 2.70. The zero-order valence-corrected chi connectivity index (χ0v) is 9.23. The lowest BCUT2D eigenvalue weighted by Crippen LogP contribution is -2.03. The number of hydrogen-bond donors (Lipinski definition) is 1. The number of nitrogens with zero attached hydrogens (tertiary/aromatic N) is 2. The van der Waals surface area contributed by atoms with Gasteiger partial charge in [-0.25, -0.2) is 9.97 Å². The van der Waals surface area contributed by atoms with Gasteiger partial charge in [-0.1, -0.05) is 0 Å². The van der Waals surface area contributed by atoms with E-state index in [0.717, 1.165) is 6.20 Å². The molecule has 2 aromatic heterocycles. The predicted molar refractivity (Wildman–Crippen MR) is 53.3 cm³/mol. The maximum absolute atomic E-state index is 12.3. The third-order valence-corrected chi connectivity index (χ3v) is 3.64. The molecule has 1 unspecified atom stereocenters. The van der Waals surface area contributed by atoms with Crippen molar-refractivity contribution in [2.45, 2.75) is 12.3 Å². The molecule has 0 aliphatic rings. The molecule has 0 bridgehead atoms. The molecule has 1 N–H and O–H groups in total. The smallest absolute Gasteiger partial charge is 0.380 e. The van der Waals surface area contributed by atoms with Gasteiger partial charge in [-0.05, 0) is 0 Å². The average molecular weight is 266 g/mol. The van der Waals surface area contributed by atoms with Gasteiger partial charge in [-0.15, -0.1) is 22.7 Å². The average Bonchev–Trinajstić information content (AvgIpc) is 2.87. The number of hydrogen-bond acceptors (Lipinski definition) is 5. The van der Waals surface area contributed by atoms with Crippen molar-refractivity contribution < 1.29 is 18.3 Å². The summed E-state index contributed by atoms with van der Waals surface area (Å²) in [5.74, 6) is 0. The highest BCUT2D eigenvalue weighted by Crippen LogP contribution is 2.36. The molecule has 86 valence electrons. The summed E-state index contributed by atoms with van der Waals surface area (Å²) in [4.78, 5) is 7.20. The summed E-state index contributed by atoms with van der Waals surface area (Å²) in [6.07, 6.45) is -3.09. The quantitative estimate of drug-likeness (QED) is 0.909. The summed E-state index contributed by atoms with van der Waals surface area (Å²) in [6.45, 7) is 0. The third kappa shape index (κ3) is 2.23. The maximum Gasteiger partial charge on any atom is 0.443 e. The molecule has 0 fully saturated rings. The summed E-state index contributed by atoms with van der Waals surface area (Å²) in [5, 5.41) is 10.8. The van der Waals surface area contributed by atoms with E-state index in [2.05, 4.69) is 9.97 Å². The molecule has 8 heteroatoms. The first kappa shape index (κ1) is 11.5. The Bertz CT molecular complexity index is 466. The summed E-state index contributed by atoms with van der Waals surface area (Å²) >= 11 is 1.61. The van der Waals surface area contributed by atoms with Crippen molar-refractivity contribution in [1.82, 2.24) is 9.97 Å². The van der Waals surface area contributed by atoms with Crippen LogP contribution in [0.2, 0.25) is 0 Å². The summed E-state index contributed by atoms with van der Waals surface area (Å²) in [6, 6.07) is 0. The number of halogens is 3. The standard InChI is InChI=1S/C8H5F3N2OS2/c9-8(10,11)7-13-3-4(16-7)5(14)6-12-1-2-15-6/h1-3,5,14H. The van der Waals surface area contributed by atoms with Crippen molar-refractivity contribution in [3.05, 3.63) is 32.7 Å².